The minimum absolute atomic E-state index is 0.0527. The monoisotopic (exact) mass is 440 g/mol. The first-order valence-electron chi connectivity index (χ1n) is 10.4. The highest BCUT2D eigenvalue weighted by atomic mass is 32.2. The molecule has 0 fully saturated rings. The molecule has 0 aliphatic rings. The average Bonchev–Trinajstić information content (AvgIpc) is 2.81. The number of anilines is 2. The van der Waals surface area contributed by atoms with E-state index in [-0.39, 0.29) is 17.1 Å². The fourth-order valence-electron chi connectivity index (χ4n) is 3.35. The fraction of sp³-hybridized carbons (Fsp3) is 0.111. The molecular formula is C27H24N2O2S. The molecule has 0 radical (unpaired) electrons. The third kappa shape index (κ3) is 5.18. The number of rotatable bonds is 6. The van der Waals surface area contributed by atoms with E-state index >= 15 is 0 Å². The summed E-state index contributed by atoms with van der Waals surface area (Å²) in [5, 5.41) is 7.79. The van der Waals surface area contributed by atoms with Crippen LogP contribution in [0.25, 0.3) is 10.8 Å². The van der Waals surface area contributed by atoms with E-state index in [1.807, 2.05) is 105 Å². The quantitative estimate of drug-likeness (QED) is 0.336. The van der Waals surface area contributed by atoms with E-state index in [1.54, 1.807) is 0 Å². The fourth-order valence-corrected chi connectivity index (χ4v) is 4.22. The van der Waals surface area contributed by atoms with Crippen molar-refractivity contribution in [1.29, 1.82) is 0 Å². The summed E-state index contributed by atoms with van der Waals surface area (Å²) in [6.07, 6.45) is 0. The minimum atomic E-state index is -0.276. The number of hydrogen-bond acceptors (Lipinski definition) is 3. The van der Waals surface area contributed by atoms with Crippen molar-refractivity contribution < 1.29 is 9.59 Å². The molecule has 0 aromatic heterocycles. The third-order valence-corrected chi connectivity index (χ3v) is 6.27. The summed E-state index contributed by atoms with van der Waals surface area (Å²) in [7, 11) is 0. The molecule has 2 amide bonds. The Bertz CT molecular complexity index is 1250. The van der Waals surface area contributed by atoms with Crippen LogP contribution in [0.1, 0.15) is 22.8 Å². The Hall–Kier alpha value is -3.57. The van der Waals surface area contributed by atoms with Gasteiger partial charge in [0.05, 0.1) is 5.25 Å². The molecule has 4 aromatic rings. The van der Waals surface area contributed by atoms with Gasteiger partial charge in [-0.05, 0) is 61.7 Å². The molecule has 0 bridgehead atoms. The van der Waals surface area contributed by atoms with Crippen molar-refractivity contribution in [2.24, 2.45) is 0 Å². The average molecular weight is 441 g/mol. The van der Waals surface area contributed by atoms with Crippen LogP contribution in [-0.2, 0) is 4.79 Å². The summed E-state index contributed by atoms with van der Waals surface area (Å²) in [6.45, 7) is 3.87. The van der Waals surface area contributed by atoms with Crippen molar-refractivity contribution in [3.63, 3.8) is 0 Å². The summed E-state index contributed by atoms with van der Waals surface area (Å²) in [4.78, 5) is 26.1. The van der Waals surface area contributed by atoms with E-state index in [9.17, 15) is 9.59 Å². The molecule has 0 saturated carbocycles. The van der Waals surface area contributed by atoms with Gasteiger partial charge in [0.15, 0.2) is 0 Å². The molecule has 0 spiro atoms. The number of aryl methyl sites for hydroxylation is 1. The number of carbonyl (C=O) groups excluding carboxylic acids is 2. The molecule has 0 saturated heterocycles. The molecule has 32 heavy (non-hydrogen) atoms. The molecule has 1 atom stereocenters. The number of benzene rings is 4. The lowest BCUT2D eigenvalue weighted by Gasteiger charge is -2.14. The second kappa shape index (κ2) is 9.71. The minimum Gasteiger partial charge on any atom is -0.325 e. The molecular weight excluding hydrogens is 416 g/mol. The van der Waals surface area contributed by atoms with Gasteiger partial charge in [-0.2, -0.15) is 0 Å². The number of hydrogen-bond donors (Lipinski definition) is 2. The lowest BCUT2D eigenvalue weighted by molar-refractivity contribution is -0.115. The van der Waals surface area contributed by atoms with Gasteiger partial charge in [-0.3, -0.25) is 9.59 Å². The molecule has 0 aliphatic heterocycles. The lowest BCUT2D eigenvalue weighted by atomic mass is 10.1. The highest BCUT2D eigenvalue weighted by Gasteiger charge is 2.16. The van der Waals surface area contributed by atoms with Crippen LogP contribution in [0, 0.1) is 6.92 Å². The van der Waals surface area contributed by atoms with Gasteiger partial charge in [-0.1, -0.05) is 54.1 Å². The van der Waals surface area contributed by atoms with Crippen LogP contribution in [0.4, 0.5) is 11.4 Å². The molecule has 4 nitrogen and oxygen atoms in total. The normalized spacial score (nSPS) is 11.7. The molecule has 2 N–H and O–H groups in total. The van der Waals surface area contributed by atoms with Crippen LogP contribution in [0.3, 0.4) is 0 Å². The predicted molar refractivity (Wildman–Crippen MR) is 133 cm³/mol. The first kappa shape index (κ1) is 21.7. The Morgan fingerprint density at radius 1 is 0.781 bits per heavy atom. The van der Waals surface area contributed by atoms with Crippen molar-refractivity contribution in [2.75, 3.05) is 10.6 Å². The zero-order valence-corrected chi connectivity index (χ0v) is 18.8. The van der Waals surface area contributed by atoms with Crippen molar-refractivity contribution in [2.45, 2.75) is 24.0 Å². The van der Waals surface area contributed by atoms with Gasteiger partial charge in [0.1, 0.15) is 0 Å². The molecule has 1 unspecified atom stereocenters. The second-order valence-electron chi connectivity index (χ2n) is 7.62. The zero-order valence-electron chi connectivity index (χ0n) is 18.0. The van der Waals surface area contributed by atoms with Crippen LogP contribution in [0.5, 0.6) is 0 Å². The molecule has 160 valence electrons. The summed E-state index contributed by atoms with van der Waals surface area (Å²) in [6, 6.07) is 28.9. The van der Waals surface area contributed by atoms with E-state index in [0.717, 1.165) is 26.9 Å². The van der Waals surface area contributed by atoms with Gasteiger partial charge in [0.25, 0.3) is 5.91 Å². The highest BCUT2D eigenvalue weighted by Crippen LogP contribution is 2.28. The van der Waals surface area contributed by atoms with Crippen LogP contribution >= 0.6 is 11.8 Å². The van der Waals surface area contributed by atoms with Crippen LogP contribution < -0.4 is 10.6 Å². The summed E-state index contributed by atoms with van der Waals surface area (Å²) in [5.74, 6) is -0.198. The lowest BCUT2D eigenvalue weighted by Crippen LogP contribution is -2.22. The predicted octanol–water partition coefficient (Wildman–Crippen LogP) is 6.52. The Labute approximate surface area is 192 Å². The summed E-state index contributed by atoms with van der Waals surface area (Å²) < 4.78 is 0. The number of nitrogens with one attached hydrogen (secondary N) is 2. The van der Waals surface area contributed by atoms with E-state index < -0.39 is 0 Å². The van der Waals surface area contributed by atoms with Gasteiger partial charge in [-0.15, -0.1) is 11.8 Å². The van der Waals surface area contributed by atoms with Gasteiger partial charge >= 0.3 is 0 Å². The van der Waals surface area contributed by atoms with Gasteiger partial charge in [0, 0.05) is 27.2 Å². The maximum Gasteiger partial charge on any atom is 0.255 e. The van der Waals surface area contributed by atoms with Crippen molar-refractivity contribution in [1.82, 2.24) is 0 Å². The van der Waals surface area contributed by atoms with Crippen molar-refractivity contribution in [3.8, 4) is 0 Å². The Morgan fingerprint density at radius 2 is 1.47 bits per heavy atom. The molecule has 5 heteroatoms. The largest absolute Gasteiger partial charge is 0.325 e. The van der Waals surface area contributed by atoms with Crippen molar-refractivity contribution >= 4 is 45.7 Å². The number of carbonyl (C=O) groups is 2. The smallest absolute Gasteiger partial charge is 0.255 e. The van der Waals surface area contributed by atoms with E-state index in [2.05, 4.69) is 10.6 Å². The number of amides is 2. The Balaban J connectivity index is 1.36. The van der Waals surface area contributed by atoms with Crippen LogP contribution in [-0.4, -0.2) is 17.1 Å². The Morgan fingerprint density at radius 3 is 2.22 bits per heavy atom. The summed E-state index contributed by atoms with van der Waals surface area (Å²) in [5.41, 5.74) is 3.26. The van der Waals surface area contributed by atoms with E-state index in [0.29, 0.717) is 11.3 Å². The van der Waals surface area contributed by atoms with E-state index in [4.69, 9.17) is 0 Å². The summed E-state index contributed by atoms with van der Waals surface area (Å²) >= 11 is 1.48. The Kier molecular flexibility index (Phi) is 6.57. The maximum atomic E-state index is 12.8. The van der Waals surface area contributed by atoms with Crippen LogP contribution in [0.15, 0.2) is 95.9 Å². The van der Waals surface area contributed by atoms with Gasteiger partial charge < -0.3 is 10.6 Å². The topological polar surface area (TPSA) is 58.2 Å². The van der Waals surface area contributed by atoms with Crippen LogP contribution in [0.2, 0.25) is 0 Å². The SMILES string of the molecule is Cc1ccc(C(=O)Nc2ccc(SC(C)C(=O)Nc3cccc4ccccc34)cc2)cc1. The second-order valence-corrected chi connectivity index (χ2v) is 9.03. The van der Waals surface area contributed by atoms with Gasteiger partial charge in [-0.25, -0.2) is 0 Å². The molecule has 4 aromatic carbocycles. The van der Waals surface area contributed by atoms with Gasteiger partial charge in [0.2, 0.25) is 5.91 Å². The van der Waals surface area contributed by atoms with Crippen molar-refractivity contribution in [3.05, 3.63) is 102 Å². The third-order valence-electron chi connectivity index (χ3n) is 5.16. The highest BCUT2D eigenvalue weighted by molar-refractivity contribution is 8.00. The van der Waals surface area contributed by atoms with E-state index in [1.165, 1.54) is 11.8 Å². The molecule has 4 rings (SSSR count). The number of thioether (sulfide) groups is 1. The molecule has 0 aliphatic carbocycles. The zero-order chi connectivity index (χ0) is 22.5. The first-order valence-corrected chi connectivity index (χ1v) is 11.3. The first-order chi connectivity index (χ1) is 15.5. The molecule has 0 heterocycles. The maximum absolute atomic E-state index is 12.8. The number of fused-ring (bicyclic) bond motifs is 1. The standard InChI is InChI=1S/C27H24N2O2S/c1-18-10-12-21(13-11-18)27(31)28-22-14-16-23(17-15-22)32-19(2)26(30)29-25-9-5-7-20-6-3-4-8-24(20)25/h3-17,19H,1-2H3,(H,28,31)(H,29,30).